The zero-order valence-electron chi connectivity index (χ0n) is 11.6. The maximum Gasteiger partial charge on any atom is 0.326 e. The maximum atomic E-state index is 11.7. The number of hydrogen-bond donors (Lipinski definition) is 2. The van der Waals surface area contributed by atoms with Crippen LogP contribution in [0.2, 0.25) is 0 Å². The molecule has 0 spiro atoms. The third-order valence-electron chi connectivity index (χ3n) is 2.50. The monoisotopic (exact) mass is 311 g/mol. The van der Waals surface area contributed by atoms with Crippen molar-refractivity contribution in [2.75, 3.05) is 6.61 Å². The first-order valence-corrected chi connectivity index (χ1v) is 7.31. The molecule has 0 radical (unpaired) electrons. The Morgan fingerprint density at radius 1 is 1.48 bits per heavy atom. The number of ether oxygens (including phenoxy) is 1. The Bertz CT molecular complexity index is 509. The van der Waals surface area contributed by atoms with Gasteiger partial charge in [-0.3, -0.25) is 9.59 Å². The Kier molecular flexibility index (Phi) is 7.17. The molecule has 114 valence electrons. The van der Waals surface area contributed by atoms with Gasteiger partial charge in [-0.1, -0.05) is 6.07 Å². The van der Waals surface area contributed by atoms with Crippen molar-refractivity contribution in [1.29, 1.82) is 0 Å². The van der Waals surface area contributed by atoms with Crippen molar-refractivity contribution in [2.45, 2.75) is 25.8 Å². The predicted octanol–water partition coefficient (Wildman–Crippen LogP) is 1.67. The number of rotatable bonds is 8. The van der Waals surface area contributed by atoms with Crippen LogP contribution in [0.25, 0.3) is 6.08 Å². The summed E-state index contributed by atoms with van der Waals surface area (Å²) < 4.78 is 4.72. The number of carboxylic acid groups (broad SMARTS) is 1. The summed E-state index contributed by atoms with van der Waals surface area (Å²) in [7, 11) is 0. The minimum absolute atomic E-state index is 0.00719. The highest BCUT2D eigenvalue weighted by atomic mass is 32.1. The van der Waals surface area contributed by atoms with Crippen molar-refractivity contribution in [3.63, 3.8) is 0 Å². The third kappa shape index (κ3) is 6.71. The van der Waals surface area contributed by atoms with Gasteiger partial charge in [-0.15, -0.1) is 11.3 Å². The van der Waals surface area contributed by atoms with E-state index in [1.807, 2.05) is 17.5 Å². The van der Waals surface area contributed by atoms with E-state index >= 15 is 0 Å². The first kappa shape index (κ1) is 16.9. The molecule has 0 aliphatic carbocycles. The van der Waals surface area contributed by atoms with E-state index in [1.54, 1.807) is 13.0 Å². The van der Waals surface area contributed by atoms with Gasteiger partial charge >= 0.3 is 11.9 Å². The van der Waals surface area contributed by atoms with E-state index in [0.29, 0.717) is 0 Å². The van der Waals surface area contributed by atoms with E-state index in [9.17, 15) is 14.4 Å². The number of amides is 1. The molecule has 0 unspecified atom stereocenters. The number of aliphatic carboxylic acids is 1. The fraction of sp³-hybridized carbons (Fsp3) is 0.357. The smallest absolute Gasteiger partial charge is 0.326 e. The standard InChI is InChI=1S/C14H17NO5S/c1-2-20-13(17)8-6-11(14(18)19)15-12(16)7-5-10-4-3-9-21-10/h3-5,7,9,11H,2,6,8H2,1H3,(H,15,16)(H,18,19)/b7-5+/t11-/m0/s1. The molecule has 0 saturated carbocycles. The molecule has 1 rings (SSSR count). The Hall–Kier alpha value is -2.15. The van der Waals surface area contributed by atoms with Gasteiger partial charge in [-0.2, -0.15) is 0 Å². The van der Waals surface area contributed by atoms with E-state index < -0.39 is 23.9 Å². The summed E-state index contributed by atoms with van der Waals surface area (Å²) in [4.78, 5) is 34.8. The predicted molar refractivity (Wildman–Crippen MR) is 78.8 cm³/mol. The van der Waals surface area contributed by atoms with Crippen LogP contribution >= 0.6 is 11.3 Å². The van der Waals surface area contributed by atoms with E-state index in [0.717, 1.165) is 4.88 Å². The van der Waals surface area contributed by atoms with Gasteiger partial charge in [0.05, 0.1) is 6.61 Å². The number of nitrogens with one attached hydrogen (secondary N) is 1. The summed E-state index contributed by atoms with van der Waals surface area (Å²) in [6.07, 6.45) is 2.81. The van der Waals surface area contributed by atoms with Gasteiger partial charge in [-0.25, -0.2) is 4.79 Å². The molecule has 0 saturated heterocycles. The zero-order valence-corrected chi connectivity index (χ0v) is 12.4. The van der Waals surface area contributed by atoms with Crippen molar-refractivity contribution < 1.29 is 24.2 Å². The quantitative estimate of drug-likeness (QED) is 0.563. The molecular formula is C14H17NO5S. The summed E-state index contributed by atoms with van der Waals surface area (Å²) in [5, 5.41) is 13.2. The van der Waals surface area contributed by atoms with Crippen LogP contribution in [0.4, 0.5) is 0 Å². The molecule has 1 aromatic rings. The lowest BCUT2D eigenvalue weighted by molar-refractivity contribution is -0.145. The second kappa shape index (κ2) is 8.91. The molecule has 6 nitrogen and oxygen atoms in total. The molecule has 1 aromatic heterocycles. The Morgan fingerprint density at radius 2 is 2.24 bits per heavy atom. The SMILES string of the molecule is CCOC(=O)CC[C@H](NC(=O)/C=C/c1cccs1)C(=O)O. The fourth-order valence-electron chi connectivity index (χ4n) is 1.52. The number of hydrogen-bond acceptors (Lipinski definition) is 5. The van der Waals surface area contributed by atoms with Crippen molar-refractivity contribution >= 4 is 35.3 Å². The fourth-order valence-corrected chi connectivity index (χ4v) is 2.13. The minimum Gasteiger partial charge on any atom is -0.480 e. The number of thiophene rings is 1. The van der Waals surface area contributed by atoms with Gasteiger partial charge in [-0.05, 0) is 30.9 Å². The van der Waals surface area contributed by atoms with Gasteiger partial charge in [0.2, 0.25) is 5.91 Å². The molecule has 1 heterocycles. The van der Waals surface area contributed by atoms with Crippen molar-refractivity contribution in [3.05, 3.63) is 28.5 Å². The Balaban J connectivity index is 2.48. The molecule has 0 aliphatic rings. The molecule has 0 aliphatic heterocycles. The third-order valence-corrected chi connectivity index (χ3v) is 3.34. The summed E-state index contributed by atoms with van der Waals surface area (Å²) in [5.41, 5.74) is 0. The largest absolute Gasteiger partial charge is 0.480 e. The second-order valence-corrected chi connectivity index (χ2v) is 5.07. The van der Waals surface area contributed by atoms with Crippen LogP contribution < -0.4 is 5.32 Å². The van der Waals surface area contributed by atoms with Crippen LogP contribution in [0.1, 0.15) is 24.6 Å². The van der Waals surface area contributed by atoms with Crippen LogP contribution in [0.15, 0.2) is 23.6 Å². The molecule has 7 heteroatoms. The molecule has 21 heavy (non-hydrogen) atoms. The zero-order chi connectivity index (χ0) is 15.7. The molecule has 0 bridgehead atoms. The number of esters is 1. The van der Waals surface area contributed by atoms with Gasteiger partial charge < -0.3 is 15.2 Å². The van der Waals surface area contributed by atoms with Crippen LogP contribution in [-0.4, -0.2) is 35.6 Å². The first-order chi connectivity index (χ1) is 10.0. The topological polar surface area (TPSA) is 92.7 Å². The van der Waals surface area contributed by atoms with E-state index in [1.165, 1.54) is 17.4 Å². The highest BCUT2D eigenvalue weighted by Gasteiger charge is 2.20. The normalized spacial score (nSPS) is 12.0. The Labute approximate surface area is 126 Å². The van der Waals surface area contributed by atoms with Crippen LogP contribution in [-0.2, 0) is 19.1 Å². The summed E-state index contributed by atoms with van der Waals surface area (Å²) in [6, 6.07) is 2.57. The van der Waals surface area contributed by atoms with Crippen LogP contribution in [0.3, 0.4) is 0 Å². The number of carbonyl (C=O) groups excluding carboxylic acids is 2. The van der Waals surface area contributed by atoms with E-state index in [2.05, 4.69) is 5.32 Å². The highest BCUT2D eigenvalue weighted by molar-refractivity contribution is 7.10. The number of carboxylic acids is 1. The highest BCUT2D eigenvalue weighted by Crippen LogP contribution is 2.10. The van der Waals surface area contributed by atoms with Crippen molar-refractivity contribution in [3.8, 4) is 0 Å². The van der Waals surface area contributed by atoms with Gasteiger partial charge in [0.1, 0.15) is 6.04 Å². The molecule has 0 aromatic carbocycles. The van der Waals surface area contributed by atoms with Crippen LogP contribution in [0.5, 0.6) is 0 Å². The molecule has 2 N–H and O–H groups in total. The summed E-state index contributed by atoms with van der Waals surface area (Å²) in [6.45, 7) is 1.91. The summed E-state index contributed by atoms with van der Waals surface area (Å²) in [5.74, 6) is -2.18. The van der Waals surface area contributed by atoms with Gasteiger partial charge in [0.15, 0.2) is 0 Å². The summed E-state index contributed by atoms with van der Waals surface area (Å²) >= 11 is 1.47. The molecule has 1 amide bonds. The van der Waals surface area contributed by atoms with Crippen LogP contribution in [0, 0.1) is 0 Å². The van der Waals surface area contributed by atoms with E-state index in [4.69, 9.17) is 9.84 Å². The lowest BCUT2D eigenvalue weighted by atomic mass is 10.1. The number of carbonyl (C=O) groups is 3. The molecule has 0 fully saturated rings. The first-order valence-electron chi connectivity index (χ1n) is 6.43. The van der Waals surface area contributed by atoms with Crippen molar-refractivity contribution in [1.82, 2.24) is 5.32 Å². The van der Waals surface area contributed by atoms with Crippen molar-refractivity contribution in [2.24, 2.45) is 0 Å². The Morgan fingerprint density at radius 3 is 2.81 bits per heavy atom. The molecular weight excluding hydrogens is 294 g/mol. The molecule has 1 atom stereocenters. The lowest BCUT2D eigenvalue weighted by Crippen LogP contribution is -2.40. The van der Waals surface area contributed by atoms with Gasteiger partial charge in [0.25, 0.3) is 0 Å². The maximum absolute atomic E-state index is 11.7. The minimum atomic E-state index is -1.18. The average Bonchev–Trinajstić information content (AvgIpc) is 2.94. The van der Waals surface area contributed by atoms with E-state index in [-0.39, 0.29) is 19.4 Å². The van der Waals surface area contributed by atoms with Gasteiger partial charge in [0, 0.05) is 17.4 Å². The second-order valence-electron chi connectivity index (χ2n) is 4.09. The lowest BCUT2D eigenvalue weighted by Gasteiger charge is -2.12. The average molecular weight is 311 g/mol.